The van der Waals surface area contributed by atoms with Crippen LogP contribution in [0.2, 0.25) is 0 Å². The van der Waals surface area contributed by atoms with Gasteiger partial charge < -0.3 is 4.74 Å². The Kier molecular flexibility index (Phi) is 3.60. The minimum Gasteiger partial charge on any atom is -0.497 e. The van der Waals surface area contributed by atoms with Crippen LogP contribution in [0, 0.1) is 0 Å². The third kappa shape index (κ3) is 2.86. The van der Waals surface area contributed by atoms with E-state index in [0.29, 0.717) is 0 Å². The monoisotopic (exact) mass is 228 g/mol. The van der Waals surface area contributed by atoms with Gasteiger partial charge in [0.1, 0.15) is 5.75 Å². The van der Waals surface area contributed by atoms with Crippen LogP contribution in [0.1, 0.15) is 11.1 Å². The molecular weight excluding hydrogens is 216 g/mol. The van der Waals surface area contributed by atoms with Gasteiger partial charge in [-0.2, -0.15) is 11.3 Å². The maximum absolute atomic E-state index is 5.09. The highest BCUT2D eigenvalue weighted by atomic mass is 32.1. The molecule has 1 heterocycles. The summed E-state index contributed by atoms with van der Waals surface area (Å²) in [5.74, 6) is 0.874. The van der Waals surface area contributed by atoms with E-state index in [4.69, 9.17) is 4.74 Å². The Morgan fingerprint density at radius 2 is 1.81 bits per heavy atom. The van der Waals surface area contributed by atoms with E-state index >= 15 is 0 Å². The van der Waals surface area contributed by atoms with Crippen molar-refractivity contribution in [1.82, 2.24) is 0 Å². The topological polar surface area (TPSA) is 9.23 Å². The highest BCUT2D eigenvalue weighted by molar-refractivity contribution is 7.08. The second-order valence-electron chi connectivity index (χ2n) is 3.29. The zero-order chi connectivity index (χ0) is 11.2. The molecule has 0 N–H and O–H groups in total. The van der Waals surface area contributed by atoms with Crippen LogP contribution in [-0.4, -0.2) is 7.11 Å². The Morgan fingerprint density at radius 3 is 2.44 bits per heavy atom. The first kappa shape index (κ1) is 10.7. The zero-order valence-corrected chi connectivity index (χ0v) is 9.83. The van der Waals surface area contributed by atoms with Crippen molar-refractivity contribution in [2.45, 2.75) is 0 Å². The number of ether oxygens (including phenoxy) is 1. The van der Waals surface area contributed by atoms with E-state index in [2.05, 4.69) is 22.6 Å². The van der Waals surface area contributed by atoms with Crippen LogP contribution < -0.4 is 4.74 Å². The molecule has 80 valence electrons. The SMILES string of the molecule is COc1ccc(C=C=Cc2ccsc2)cc1. The third-order valence-corrected chi connectivity index (χ3v) is 2.86. The molecule has 0 fully saturated rings. The molecule has 1 aromatic heterocycles. The molecule has 0 amide bonds. The van der Waals surface area contributed by atoms with Crippen LogP contribution in [0.5, 0.6) is 5.75 Å². The van der Waals surface area contributed by atoms with E-state index < -0.39 is 0 Å². The van der Waals surface area contributed by atoms with Crippen molar-refractivity contribution in [2.75, 3.05) is 7.11 Å². The van der Waals surface area contributed by atoms with Crippen molar-refractivity contribution >= 4 is 23.5 Å². The Balaban J connectivity index is 2.11. The molecule has 0 aliphatic carbocycles. The summed E-state index contributed by atoms with van der Waals surface area (Å²) in [5.41, 5.74) is 5.46. The van der Waals surface area contributed by atoms with Crippen molar-refractivity contribution in [3.05, 3.63) is 58.0 Å². The van der Waals surface area contributed by atoms with Gasteiger partial charge in [-0.15, -0.1) is 5.73 Å². The van der Waals surface area contributed by atoms with Crippen LogP contribution in [0.15, 0.2) is 46.8 Å². The number of hydrogen-bond acceptors (Lipinski definition) is 2. The van der Waals surface area contributed by atoms with E-state index in [9.17, 15) is 0 Å². The Hall–Kier alpha value is -1.76. The van der Waals surface area contributed by atoms with Gasteiger partial charge in [-0.1, -0.05) is 12.1 Å². The number of methoxy groups -OCH3 is 1. The van der Waals surface area contributed by atoms with Gasteiger partial charge in [0, 0.05) is 0 Å². The molecule has 0 radical (unpaired) electrons. The molecule has 0 saturated carbocycles. The molecule has 0 bridgehead atoms. The van der Waals surface area contributed by atoms with Gasteiger partial charge in [0.05, 0.1) is 7.11 Å². The van der Waals surface area contributed by atoms with Gasteiger partial charge in [0.2, 0.25) is 0 Å². The maximum Gasteiger partial charge on any atom is 0.118 e. The van der Waals surface area contributed by atoms with E-state index in [1.54, 1.807) is 18.4 Å². The van der Waals surface area contributed by atoms with Crippen molar-refractivity contribution in [2.24, 2.45) is 0 Å². The Morgan fingerprint density at radius 1 is 1.06 bits per heavy atom. The van der Waals surface area contributed by atoms with Crippen molar-refractivity contribution in [3.8, 4) is 5.75 Å². The lowest BCUT2D eigenvalue weighted by molar-refractivity contribution is 0.415. The summed E-state index contributed by atoms with van der Waals surface area (Å²) in [6, 6.07) is 9.97. The first-order valence-electron chi connectivity index (χ1n) is 4.97. The fourth-order valence-corrected chi connectivity index (χ4v) is 1.91. The minimum absolute atomic E-state index is 0.874. The molecule has 2 aromatic rings. The Bertz CT molecular complexity index is 488. The number of benzene rings is 1. The molecule has 1 aromatic carbocycles. The van der Waals surface area contributed by atoms with E-state index in [-0.39, 0.29) is 0 Å². The fourth-order valence-electron chi connectivity index (χ4n) is 1.29. The van der Waals surface area contributed by atoms with Crippen LogP contribution in [0.3, 0.4) is 0 Å². The smallest absolute Gasteiger partial charge is 0.118 e. The quantitative estimate of drug-likeness (QED) is 0.719. The predicted octanol–water partition coefficient (Wildman–Crippen LogP) is 4.08. The van der Waals surface area contributed by atoms with Gasteiger partial charge in [-0.25, -0.2) is 0 Å². The lowest BCUT2D eigenvalue weighted by atomic mass is 10.2. The van der Waals surface area contributed by atoms with Crippen LogP contribution in [0.25, 0.3) is 12.2 Å². The van der Waals surface area contributed by atoms with Crippen molar-refractivity contribution in [3.63, 3.8) is 0 Å². The first-order chi connectivity index (χ1) is 7.88. The molecule has 2 heteroatoms. The van der Waals surface area contributed by atoms with E-state index in [1.807, 2.05) is 36.4 Å². The molecule has 16 heavy (non-hydrogen) atoms. The molecule has 1 nitrogen and oxygen atoms in total. The highest BCUT2D eigenvalue weighted by Gasteiger charge is 1.89. The normalized spacial score (nSPS) is 9.31. The molecule has 0 atom stereocenters. The Labute approximate surface area is 99.3 Å². The molecule has 0 saturated heterocycles. The summed E-state index contributed by atoms with van der Waals surface area (Å²) in [7, 11) is 1.67. The fraction of sp³-hybridized carbons (Fsp3) is 0.0714. The van der Waals surface area contributed by atoms with Gasteiger partial charge in [-0.05, 0) is 52.2 Å². The number of rotatable bonds is 3. The second-order valence-corrected chi connectivity index (χ2v) is 4.07. The lowest BCUT2D eigenvalue weighted by Crippen LogP contribution is -1.80. The van der Waals surface area contributed by atoms with Gasteiger partial charge in [0.25, 0.3) is 0 Å². The summed E-state index contributed by atoms with van der Waals surface area (Å²) in [4.78, 5) is 0. The largest absolute Gasteiger partial charge is 0.497 e. The van der Waals surface area contributed by atoms with Gasteiger partial charge in [-0.3, -0.25) is 0 Å². The van der Waals surface area contributed by atoms with Crippen LogP contribution in [-0.2, 0) is 0 Å². The average Bonchev–Trinajstić information content (AvgIpc) is 2.83. The summed E-state index contributed by atoms with van der Waals surface area (Å²) < 4.78 is 5.09. The third-order valence-electron chi connectivity index (χ3n) is 2.16. The summed E-state index contributed by atoms with van der Waals surface area (Å²) in [6.45, 7) is 0. The van der Waals surface area contributed by atoms with Gasteiger partial charge in [0.15, 0.2) is 0 Å². The maximum atomic E-state index is 5.09. The number of thiophene rings is 1. The standard InChI is InChI=1S/C14H12OS/c1-15-14-7-5-12(6-8-14)3-2-4-13-9-10-16-11-13/h3-11H,1H3. The van der Waals surface area contributed by atoms with Crippen LogP contribution in [0.4, 0.5) is 0 Å². The molecular formula is C14H12OS. The summed E-state index contributed by atoms with van der Waals surface area (Å²) in [5, 5.41) is 4.15. The highest BCUT2D eigenvalue weighted by Crippen LogP contribution is 2.12. The van der Waals surface area contributed by atoms with Gasteiger partial charge >= 0.3 is 0 Å². The molecule has 0 aliphatic heterocycles. The molecule has 2 rings (SSSR count). The van der Waals surface area contributed by atoms with Crippen molar-refractivity contribution < 1.29 is 4.74 Å². The molecule has 0 aliphatic rings. The average molecular weight is 228 g/mol. The predicted molar refractivity (Wildman–Crippen MR) is 69.8 cm³/mol. The van der Waals surface area contributed by atoms with E-state index in [1.165, 1.54) is 5.56 Å². The molecule has 0 unspecified atom stereocenters. The minimum atomic E-state index is 0.874. The second kappa shape index (κ2) is 5.36. The van der Waals surface area contributed by atoms with Crippen molar-refractivity contribution in [1.29, 1.82) is 0 Å². The number of hydrogen-bond donors (Lipinski definition) is 0. The molecule has 0 spiro atoms. The van der Waals surface area contributed by atoms with Crippen LogP contribution >= 0.6 is 11.3 Å². The zero-order valence-electron chi connectivity index (χ0n) is 9.01. The first-order valence-corrected chi connectivity index (χ1v) is 5.91. The van der Waals surface area contributed by atoms with E-state index in [0.717, 1.165) is 11.3 Å². The lowest BCUT2D eigenvalue weighted by Gasteiger charge is -1.97. The summed E-state index contributed by atoms with van der Waals surface area (Å²) in [6.07, 6.45) is 3.93. The summed E-state index contributed by atoms with van der Waals surface area (Å²) >= 11 is 1.69.